The molecule has 3 aromatic carbocycles. The maximum absolute atomic E-state index is 15.8. The summed E-state index contributed by atoms with van der Waals surface area (Å²) in [5.74, 6) is -0.607. The number of rotatable bonds is 5. The Morgan fingerprint density at radius 3 is 2.59 bits per heavy atom. The zero-order valence-electron chi connectivity index (χ0n) is 23.6. The van der Waals surface area contributed by atoms with Gasteiger partial charge in [-0.05, 0) is 67.3 Å². The van der Waals surface area contributed by atoms with E-state index in [1.54, 1.807) is 31.3 Å². The fourth-order valence-electron chi connectivity index (χ4n) is 5.77. The van der Waals surface area contributed by atoms with Crippen molar-refractivity contribution in [1.82, 2.24) is 24.5 Å². The van der Waals surface area contributed by atoms with Crippen molar-refractivity contribution in [3.05, 3.63) is 113 Å². The molecule has 0 bridgehead atoms. The number of alkyl halides is 3. The first-order valence-electron chi connectivity index (χ1n) is 13.8. The molecular formula is C32H24F4N6O2. The van der Waals surface area contributed by atoms with Crippen LogP contribution in [0.25, 0.3) is 27.8 Å². The predicted octanol–water partition coefficient (Wildman–Crippen LogP) is 6.90. The van der Waals surface area contributed by atoms with Gasteiger partial charge in [-0.1, -0.05) is 35.5 Å². The number of hydrogen-bond acceptors (Lipinski definition) is 5. The Morgan fingerprint density at radius 2 is 1.84 bits per heavy atom. The van der Waals surface area contributed by atoms with Crippen LogP contribution in [0.3, 0.4) is 0 Å². The number of nitrogens with zero attached hydrogens (tertiary/aromatic N) is 6. The average molecular weight is 601 g/mol. The molecule has 0 spiro atoms. The summed E-state index contributed by atoms with van der Waals surface area (Å²) in [6, 6.07) is 16.8. The maximum Gasteiger partial charge on any atom is 0.435 e. The van der Waals surface area contributed by atoms with Crippen molar-refractivity contribution < 1.29 is 26.9 Å². The molecule has 12 heteroatoms. The third kappa shape index (κ3) is 4.53. The Kier molecular flexibility index (Phi) is 6.38. The second-order valence-corrected chi connectivity index (χ2v) is 10.7. The van der Waals surface area contributed by atoms with Crippen LogP contribution in [-0.4, -0.2) is 36.9 Å². The molecule has 7 rings (SSSR count). The molecule has 0 aliphatic carbocycles. The maximum atomic E-state index is 15.8. The van der Waals surface area contributed by atoms with Gasteiger partial charge in [0.05, 0.1) is 17.1 Å². The number of fused-ring (bicyclic) bond motifs is 2. The number of imidazole rings is 1. The third-order valence-electron chi connectivity index (χ3n) is 7.99. The highest BCUT2D eigenvalue weighted by molar-refractivity contribution is 6.08. The molecule has 0 saturated heterocycles. The van der Waals surface area contributed by atoms with Gasteiger partial charge in [0.25, 0.3) is 5.91 Å². The number of aromatic nitrogens is 5. The number of amides is 1. The van der Waals surface area contributed by atoms with E-state index in [0.29, 0.717) is 28.8 Å². The molecule has 0 fully saturated rings. The summed E-state index contributed by atoms with van der Waals surface area (Å²) in [5.41, 5.74) is 1.92. The Labute approximate surface area is 248 Å². The first kappa shape index (κ1) is 27.6. The van der Waals surface area contributed by atoms with E-state index in [4.69, 9.17) is 4.52 Å². The van der Waals surface area contributed by atoms with E-state index in [1.165, 1.54) is 23.1 Å². The van der Waals surface area contributed by atoms with Crippen molar-refractivity contribution in [2.24, 2.45) is 0 Å². The molecule has 1 amide bonds. The minimum atomic E-state index is -4.79. The highest BCUT2D eigenvalue weighted by Crippen LogP contribution is 2.38. The van der Waals surface area contributed by atoms with Crippen molar-refractivity contribution in [2.45, 2.75) is 33.0 Å². The summed E-state index contributed by atoms with van der Waals surface area (Å²) in [6.07, 6.45) is -1.36. The van der Waals surface area contributed by atoms with Gasteiger partial charge < -0.3 is 14.0 Å². The topological polar surface area (TPSA) is 82.0 Å². The van der Waals surface area contributed by atoms with E-state index in [0.717, 1.165) is 21.6 Å². The van der Waals surface area contributed by atoms with Gasteiger partial charge in [0.15, 0.2) is 11.3 Å². The normalized spacial score (nSPS) is 13.6. The average Bonchev–Trinajstić information content (AvgIpc) is 3.71. The second-order valence-electron chi connectivity index (χ2n) is 10.7. The number of hydrogen-bond donors (Lipinski definition) is 0. The smallest absolute Gasteiger partial charge is 0.356 e. The number of anilines is 1. The molecular weight excluding hydrogens is 576 g/mol. The molecule has 1 aliphatic rings. The summed E-state index contributed by atoms with van der Waals surface area (Å²) in [5, 5.41) is 8.31. The van der Waals surface area contributed by atoms with Crippen molar-refractivity contribution in [3.63, 3.8) is 0 Å². The number of benzene rings is 3. The quantitative estimate of drug-likeness (QED) is 0.201. The lowest BCUT2D eigenvalue weighted by Crippen LogP contribution is -2.39. The van der Waals surface area contributed by atoms with Crippen molar-refractivity contribution in [1.29, 1.82) is 0 Å². The molecule has 1 aliphatic heterocycles. The van der Waals surface area contributed by atoms with E-state index in [9.17, 15) is 18.0 Å². The molecule has 0 atom stereocenters. The summed E-state index contributed by atoms with van der Waals surface area (Å²) in [6.45, 7) is 3.99. The molecule has 6 aromatic rings. The van der Waals surface area contributed by atoms with Crippen LogP contribution >= 0.6 is 0 Å². The highest BCUT2D eigenvalue weighted by Gasteiger charge is 2.43. The summed E-state index contributed by atoms with van der Waals surface area (Å²) in [4.78, 5) is 19.3. The molecule has 0 radical (unpaired) electrons. The first-order chi connectivity index (χ1) is 21.1. The minimum Gasteiger partial charge on any atom is -0.356 e. The van der Waals surface area contributed by atoms with Crippen molar-refractivity contribution in [2.75, 3.05) is 11.4 Å². The molecule has 4 heterocycles. The van der Waals surface area contributed by atoms with Crippen LogP contribution < -0.4 is 4.90 Å². The van der Waals surface area contributed by atoms with Crippen LogP contribution in [0.2, 0.25) is 0 Å². The summed E-state index contributed by atoms with van der Waals surface area (Å²) < 4.78 is 66.2. The molecule has 0 N–H and O–H groups in total. The number of carbonyl (C=O) groups is 1. The summed E-state index contributed by atoms with van der Waals surface area (Å²) >= 11 is 0. The molecule has 44 heavy (non-hydrogen) atoms. The highest BCUT2D eigenvalue weighted by atomic mass is 19.4. The molecule has 8 nitrogen and oxygen atoms in total. The second kappa shape index (κ2) is 10.2. The first-order valence-corrected chi connectivity index (χ1v) is 13.8. The standard InChI is InChI=1S/C32H24F4N6O2/c1-18-25-16-22(8-10-28(25)44-39-18)42-29-24(30(38-42)32(34,35)36)11-13-41(31(29)43)27-9-7-20(15-26(27)33)23-6-4-3-5-21(23)17-40-14-12-37-19(40)2/h3-10,12,14-16H,11,13,17H2,1-2H3. The molecule has 0 saturated carbocycles. The van der Waals surface area contributed by atoms with Gasteiger partial charge in [-0.3, -0.25) is 4.79 Å². The van der Waals surface area contributed by atoms with Crippen LogP contribution in [0.4, 0.5) is 23.2 Å². The van der Waals surface area contributed by atoms with Crippen LogP contribution in [0.1, 0.15) is 38.8 Å². The number of aryl methyl sites for hydroxylation is 2. The van der Waals surface area contributed by atoms with E-state index < -0.39 is 23.6 Å². The lowest BCUT2D eigenvalue weighted by Gasteiger charge is -2.28. The Morgan fingerprint density at radius 1 is 1.02 bits per heavy atom. The molecule has 3 aromatic heterocycles. The Hall–Kier alpha value is -5.26. The van der Waals surface area contributed by atoms with Crippen LogP contribution in [0.15, 0.2) is 77.6 Å². The van der Waals surface area contributed by atoms with Gasteiger partial charge in [0.1, 0.15) is 17.3 Å². The monoisotopic (exact) mass is 600 g/mol. The van der Waals surface area contributed by atoms with Crippen LogP contribution in [-0.2, 0) is 19.1 Å². The lowest BCUT2D eigenvalue weighted by atomic mass is 9.98. The van der Waals surface area contributed by atoms with Gasteiger partial charge >= 0.3 is 6.18 Å². The zero-order valence-corrected chi connectivity index (χ0v) is 23.6. The summed E-state index contributed by atoms with van der Waals surface area (Å²) in [7, 11) is 0. The SMILES string of the molecule is Cc1noc2ccc(-n3nc(C(F)(F)F)c4c3C(=O)N(c3ccc(-c5ccccc5Cn5ccnc5C)cc3F)CC4)cc12. The Bertz CT molecular complexity index is 2070. The van der Waals surface area contributed by atoms with E-state index in [-0.39, 0.29) is 35.6 Å². The van der Waals surface area contributed by atoms with E-state index in [1.807, 2.05) is 42.0 Å². The third-order valence-corrected chi connectivity index (χ3v) is 7.99. The van der Waals surface area contributed by atoms with Gasteiger partial charge in [-0.15, -0.1) is 0 Å². The fourth-order valence-corrected chi connectivity index (χ4v) is 5.77. The molecule has 0 unspecified atom stereocenters. The van der Waals surface area contributed by atoms with Gasteiger partial charge in [-0.2, -0.15) is 18.3 Å². The van der Waals surface area contributed by atoms with Crippen molar-refractivity contribution >= 4 is 22.6 Å². The Balaban J connectivity index is 1.27. The predicted molar refractivity (Wildman–Crippen MR) is 154 cm³/mol. The van der Waals surface area contributed by atoms with E-state index in [2.05, 4.69) is 15.2 Å². The lowest BCUT2D eigenvalue weighted by molar-refractivity contribution is -0.141. The van der Waals surface area contributed by atoms with E-state index >= 15 is 4.39 Å². The van der Waals surface area contributed by atoms with Gasteiger partial charge in [0, 0.05) is 36.4 Å². The zero-order chi connectivity index (χ0) is 30.7. The van der Waals surface area contributed by atoms with Gasteiger partial charge in [-0.25, -0.2) is 14.1 Å². The van der Waals surface area contributed by atoms with Crippen LogP contribution in [0.5, 0.6) is 0 Å². The molecule has 222 valence electrons. The number of halogens is 4. The van der Waals surface area contributed by atoms with Gasteiger partial charge in [0.2, 0.25) is 0 Å². The minimum absolute atomic E-state index is 0.0287. The van der Waals surface area contributed by atoms with Crippen LogP contribution in [0, 0.1) is 19.7 Å². The fraction of sp³-hybridized carbons (Fsp3) is 0.188. The number of carbonyl (C=O) groups excluding carboxylic acids is 1. The van der Waals surface area contributed by atoms with Crippen molar-refractivity contribution in [3.8, 4) is 16.8 Å². The largest absolute Gasteiger partial charge is 0.435 e.